The van der Waals surface area contributed by atoms with E-state index in [0.29, 0.717) is 5.69 Å². The average molecular weight is 210 g/mol. The lowest BCUT2D eigenvalue weighted by Gasteiger charge is -1.99. The van der Waals surface area contributed by atoms with E-state index in [1.54, 1.807) is 0 Å². The number of hydrogen-bond donors (Lipinski definition) is 1. The molecule has 4 nitrogen and oxygen atoms in total. The van der Waals surface area contributed by atoms with Crippen molar-refractivity contribution in [1.82, 2.24) is 15.0 Å². The topological polar surface area (TPSA) is 56.7 Å². The lowest BCUT2D eigenvalue weighted by Crippen LogP contribution is -1.97. The Morgan fingerprint density at radius 1 is 1.20 bits per heavy atom. The number of hydrogen-bond acceptors (Lipinski definition) is 3. The first kappa shape index (κ1) is 9.72. The van der Waals surface area contributed by atoms with Crippen molar-refractivity contribution in [3.05, 3.63) is 41.7 Å². The summed E-state index contributed by atoms with van der Waals surface area (Å²) >= 11 is 0. The Morgan fingerprint density at radius 3 is 2.40 bits per heavy atom. The summed E-state index contributed by atoms with van der Waals surface area (Å²) in [4.78, 5) is 0. The molecule has 0 aliphatic carbocycles. The van der Waals surface area contributed by atoms with E-state index < -0.39 is 11.6 Å². The Kier molecular flexibility index (Phi) is 2.42. The second-order valence-corrected chi connectivity index (χ2v) is 2.99. The van der Waals surface area contributed by atoms with Crippen LogP contribution in [-0.2, 0) is 6.54 Å². The summed E-state index contributed by atoms with van der Waals surface area (Å²) in [5, 5.41) is 7.41. The van der Waals surface area contributed by atoms with Crippen molar-refractivity contribution in [3.63, 3.8) is 0 Å². The highest BCUT2D eigenvalue weighted by atomic mass is 19.1. The average Bonchev–Trinajstić information content (AvgIpc) is 2.64. The molecule has 0 saturated heterocycles. The molecule has 0 bridgehead atoms. The third kappa shape index (κ3) is 1.99. The molecule has 0 fully saturated rings. The molecule has 0 atom stereocenters. The summed E-state index contributed by atoms with van der Waals surface area (Å²) in [6.45, 7) is 0.234. The van der Waals surface area contributed by atoms with Crippen molar-refractivity contribution in [2.45, 2.75) is 6.54 Å². The van der Waals surface area contributed by atoms with Gasteiger partial charge in [-0.3, -0.25) is 0 Å². The van der Waals surface area contributed by atoms with Gasteiger partial charge in [-0.15, -0.1) is 5.10 Å². The quantitative estimate of drug-likeness (QED) is 0.804. The Bertz CT molecular complexity index is 460. The second-order valence-electron chi connectivity index (χ2n) is 2.99. The molecular weight excluding hydrogens is 202 g/mol. The van der Waals surface area contributed by atoms with Crippen molar-refractivity contribution < 1.29 is 8.78 Å². The minimum atomic E-state index is -0.658. The van der Waals surface area contributed by atoms with Gasteiger partial charge in [0.05, 0.1) is 17.6 Å². The van der Waals surface area contributed by atoms with Crippen LogP contribution in [0.5, 0.6) is 0 Å². The summed E-state index contributed by atoms with van der Waals surface area (Å²) in [5.41, 5.74) is 6.17. The first-order chi connectivity index (χ1) is 7.19. The molecule has 0 unspecified atom stereocenters. The smallest absolute Gasteiger partial charge is 0.128 e. The van der Waals surface area contributed by atoms with Crippen molar-refractivity contribution in [1.29, 1.82) is 0 Å². The normalized spacial score (nSPS) is 10.6. The van der Waals surface area contributed by atoms with Crippen molar-refractivity contribution >= 4 is 0 Å². The fourth-order valence-corrected chi connectivity index (χ4v) is 1.19. The molecule has 2 rings (SSSR count). The van der Waals surface area contributed by atoms with Gasteiger partial charge in [-0.2, -0.15) is 0 Å². The van der Waals surface area contributed by atoms with E-state index in [2.05, 4.69) is 10.3 Å². The lowest BCUT2D eigenvalue weighted by molar-refractivity contribution is 0.579. The highest BCUT2D eigenvalue weighted by Gasteiger charge is 2.04. The van der Waals surface area contributed by atoms with Crippen LogP contribution in [0.25, 0.3) is 5.69 Å². The summed E-state index contributed by atoms with van der Waals surface area (Å²) in [5.74, 6) is -1.32. The van der Waals surface area contributed by atoms with Gasteiger partial charge < -0.3 is 5.73 Å². The molecule has 6 heteroatoms. The number of rotatable bonds is 2. The monoisotopic (exact) mass is 210 g/mol. The molecule has 1 aromatic heterocycles. The number of aromatic nitrogens is 3. The Labute approximate surface area is 84.3 Å². The van der Waals surface area contributed by atoms with E-state index in [4.69, 9.17) is 5.73 Å². The molecule has 0 aliphatic heterocycles. The third-order valence-electron chi connectivity index (χ3n) is 1.86. The predicted molar refractivity (Wildman–Crippen MR) is 49.2 cm³/mol. The van der Waals surface area contributed by atoms with Crippen LogP contribution in [0.1, 0.15) is 5.69 Å². The van der Waals surface area contributed by atoms with E-state index >= 15 is 0 Å². The largest absolute Gasteiger partial charge is 0.325 e. The number of nitrogens with zero attached hydrogens (tertiary/aromatic N) is 3. The Balaban J connectivity index is 2.44. The van der Waals surface area contributed by atoms with E-state index in [1.807, 2.05) is 0 Å². The van der Waals surface area contributed by atoms with Crippen LogP contribution in [0.15, 0.2) is 24.4 Å². The van der Waals surface area contributed by atoms with E-state index in [-0.39, 0.29) is 12.2 Å². The number of nitrogens with two attached hydrogens (primary N) is 1. The molecule has 2 aromatic rings. The number of halogens is 2. The second kappa shape index (κ2) is 3.74. The zero-order chi connectivity index (χ0) is 10.8. The molecule has 0 radical (unpaired) electrons. The molecule has 0 spiro atoms. The molecule has 15 heavy (non-hydrogen) atoms. The Hall–Kier alpha value is -1.82. The first-order valence-electron chi connectivity index (χ1n) is 4.27. The van der Waals surface area contributed by atoms with Gasteiger partial charge >= 0.3 is 0 Å². The van der Waals surface area contributed by atoms with Gasteiger partial charge in [0.15, 0.2) is 0 Å². The van der Waals surface area contributed by atoms with Crippen LogP contribution in [0.2, 0.25) is 0 Å². The van der Waals surface area contributed by atoms with Crippen LogP contribution in [0.3, 0.4) is 0 Å². The molecule has 0 saturated carbocycles. The van der Waals surface area contributed by atoms with Gasteiger partial charge in [0.25, 0.3) is 0 Å². The summed E-state index contributed by atoms with van der Waals surface area (Å²) < 4.78 is 27.0. The first-order valence-corrected chi connectivity index (χ1v) is 4.27. The molecular formula is C9H8F2N4. The highest BCUT2D eigenvalue weighted by molar-refractivity contribution is 5.31. The van der Waals surface area contributed by atoms with Crippen LogP contribution < -0.4 is 5.73 Å². The lowest BCUT2D eigenvalue weighted by atomic mass is 10.3. The molecule has 1 heterocycles. The highest BCUT2D eigenvalue weighted by Crippen LogP contribution is 2.11. The Morgan fingerprint density at radius 2 is 1.87 bits per heavy atom. The van der Waals surface area contributed by atoms with Gasteiger partial charge in [-0.1, -0.05) is 5.21 Å². The standard InChI is InChI=1S/C9H8F2N4/c10-6-1-7(11)3-9(2-6)15-5-8(4-12)13-14-15/h1-3,5H,4,12H2. The molecule has 2 N–H and O–H groups in total. The summed E-state index contributed by atoms with van der Waals surface area (Å²) in [6.07, 6.45) is 1.52. The predicted octanol–water partition coefficient (Wildman–Crippen LogP) is 1.00. The molecule has 0 amide bonds. The van der Waals surface area contributed by atoms with Crippen molar-refractivity contribution in [2.24, 2.45) is 5.73 Å². The minimum Gasteiger partial charge on any atom is -0.325 e. The van der Waals surface area contributed by atoms with E-state index in [1.165, 1.54) is 10.9 Å². The molecule has 1 aromatic carbocycles. The maximum Gasteiger partial charge on any atom is 0.128 e. The maximum atomic E-state index is 12.9. The van der Waals surface area contributed by atoms with Gasteiger partial charge in [-0.25, -0.2) is 13.5 Å². The molecule has 78 valence electrons. The van der Waals surface area contributed by atoms with E-state index in [9.17, 15) is 8.78 Å². The van der Waals surface area contributed by atoms with Crippen LogP contribution in [-0.4, -0.2) is 15.0 Å². The summed E-state index contributed by atoms with van der Waals surface area (Å²) in [6, 6.07) is 3.13. The van der Waals surface area contributed by atoms with E-state index in [0.717, 1.165) is 18.2 Å². The SMILES string of the molecule is NCc1cn(-c2cc(F)cc(F)c2)nn1. The van der Waals surface area contributed by atoms with Crippen LogP contribution in [0, 0.1) is 11.6 Å². The van der Waals surface area contributed by atoms with Crippen molar-refractivity contribution in [2.75, 3.05) is 0 Å². The zero-order valence-electron chi connectivity index (χ0n) is 7.69. The van der Waals surface area contributed by atoms with Gasteiger partial charge in [-0.05, 0) is 12.1 Å². The zero-order valence-corrected chi connectivity index (χ0v) is 7.69. The van der Waals surface area contributed by atoms with Crippen LogP contribution >= 0.6 is 0 Å². The van der Waals surface area contributed by atoms with Crippen LogP contribution in [0.4, 0.5) is 8.78 Å². The van der Waals surface area contributed by atoms with Gasteiger partial charge in [0, 0.05) is 12.6 Å². The van der Waals surface area contributed by atoms with Gasteiger partial charge in [0.1, 0.15) is 11.6 Å². The fraction of sp³-hybridized carbons (Fsp3) is 0.111. The number of benzene rings is 1. The third-order valence-corrected chi connectivity index (χ3v) is 1.86. The van der Waals surface area contributed by atoms with Crippen molar-refractivity contribution in [3.8, 4) is 5.69 Å². The molecule has 0 aliphatic rings. The summed E-state index contributed by atoms with van der Waals surface area (Å²) in [7, 11) is 0. The fourth-order valence-electron chi connectivity index (χ4n) is 1.19. The van der Waals surface area contributed by atoms with Gasteiger partial charge in [0.2, 0.25) is 0 Å². The maximum absolute atomic E-state index is 12.9. The minimum absolute atomic E-state index is 0.234.